The molecule has 0 aliphatic carbocycles. The number of terminal acetylenes is 1. The third-order valence-corrected chi connectivity index (χ3v) is 2.41. The first-order chi connectivity index (χ1) is 7.15. The second-order valence-electron chi connectivity index (χ2n) is 3.77. The highest BCUT2D eigenvalue weighted by Gasteiger charge is 2.15. The number of hydrogen-bond acceptors (Lipinski definition) is 2. The topological polar surface area (TPSA) is 55.1 Å². The highest BCUT2D eigenvalue weighted by molar-refractivity contribution is 5.81. The Morgan fingerprint density at radius 3 is 2.67 bits per heavy atom. The third kappa shape index (κ3) is 6.14. The number of nitrogens with two attached hydrogens (primary N) is 1. The monoisotopic (exact) mass is 210 g/mol. The molecule has 1 amide bonds. The zero-order valence-corrected chi connectivity index (χ0v) is 9.75. The van der Waals surface area contributed by atoms with Crippen molar-refractivity contribution in [3.05, 3.63) is 0 Å². The van der Waals surface area contributed by atoms with Crippen molar-refractivity contribution in [2.45, 2.75) is 58.0 Å². The molecule has 2 atom stereocenters. The molecule has 3 N–H and O–H groups in total. The smallest absolute Gasteiger partial charge is 0.237 e. The molecule has 0 rings (SSSR count). The molecule has 0 heterocycles. The minimum absolute atomic E-state index is 0.0650. The molecule has 3 nitrogen and oxygen atoms in total. The Morgan fingerprint density at radius 1 is 1.53 bits per heavy atom. The SMILES string of the molecule is C#CCC(CC)NC(=O)[C@@H](N)CCCC. The molecule has 1 unspecified atom stereocenters. The number of carbonyl (C=O) groups is 1. The Morgan fingerprint density at radius 2 is 2.20 bits per heavy atom. The summed E-state index contributed by atoms with van der Waals surface area (Å²) in [5.74, 6) is 2.47. The standard InChI is InChI=1S/C12H22N2O/c1-4-7-9-11(13)12(15)14-10(6-3)8-5-2/h2,10-11H,4,6-9,13H2,1,3H3,(H,14,15)/t10?,11-/m0/s1. The van der Waals surface area contributed by atoms with Gasteiger partial charge in [-0.25, -0.2) is 0 Å². The van der Waals surface area contributed by atoms with Gasteiger partial charge in [0.25, 0.3) is 0 Å². The van der Waals surface area contributed by atoms with Gasteiger partial charge in [0.1, 0.15) is 0 Å². The van der Waals surface area contributed by atoms with E-state index in [-0.39, 0.29) is 11.9 Å². The largest absolute Gasteiger partial charge is 0.351 e. The number of amides is 1. The van der Waals surface area contributed by atoms with E-state index in [0.717, 1.165) is 25.7 Å². The molecular formula is C12H22N2O. The van der Waals surface area contributed by atoms with E-state index in [1.807, 2.05) is 6.92 Å². The van der Waals surface area contributed by atoms with Crippen molar-refractivity contribution in [3.63, 3.8) is 0 Å². The van der Waals surface area contributed by atoms with Crippen molar-refractivity contribution in [1.29, 1.82) is 0 Å². The summed E-state index contributed by atoms with van der Waals surface area (Å²) >= 11 is 0. The Labute approximate surface area is 92.8 Å². The summed E-state index contributed by atoms with van der Waals surface area (Å²) in [6.45, 7) is 4.08. The van der Waals surface area contributed by atoms with E-state index in [0.29, 0.717) is 6.42 Å². The van der Waals surface area contributed by atoms with Crippen molar-refractivity contribution in [3.8, 4) is 12.3 Å². The number of carbonyl (C=O) groups excluding carboxylic acids is 1. The van der Waals surface area contributed by atoms with Crippen LogP contribution in [0.15, 0.2) is 0 Å². The molecule has 86 valence electrons. The summed E-state index contributed by atoms with van der Waals surface area (Å²) in [5, 5.41) is 2.87. The van der Waals surface area contributed by atoms with Crippen LogP contribution in [0.5, 0.6) is 0 Å². The van der Waals surface area contributed by atoms with Crippen LogP contribution in [0.4, 0.5) is 0 Å². The van der Waals surface area contributed by atoms with Gasteiger partial charge in [-0.15, -0.1) is 12.3 Å². The molecule has 0 spiro atoms. The lowest BCUT2D eigenvalue weighted by Gasteiger charge is -2.17. The van der Waals surface area contributed by atoms with Crippen LogP contribution >= 0.6 is 0 Å². The molecule has 0 aromatic heterocycles. The van der Waals surface area contributed by atoms with E-state index in [2.05, 4.69) is 18.2 Å². The molecule has 0 aliphatic heterocycles. The first-order valence-electron chi connectivity index (χ1n) is 5.65. The molecule has 0 fully saturated rings. The summed E-state index contributed by atoms with van der Waals surface area (Å²) < 4.78 is 0. The van der Waals surface area contributed by atoms with E-state index in [1.54, 1.807) is 0 Å². The minimum Gasteiger partial charge on any atom is -0.351 e. The van der Waals surface area contributed by atoms with Gasteiger partial charge in [-0.05, 0) is 12.8 Å². The summed E-state index contributed by atoms with van der Waals surface area (Å²) in [5.41, 5.74) is 5.74. The fourth-order valence-electron chi connectivity index (χ4n) is 1.30. The first kappa shape index (κ1) is 14.0. The normalized spacial score (nSPS) is 14.0. The maximum absolute atomic E-state index is 11.6. The van der Waals surface area contributed by atoms with Crippen LogP contribution in [0.25, 0.3) is 0 Å². The lowest BCUT2D eigenvalue weighted by molar-refractivity contribution is -0.123. The fraction of sp³-hybridized carbons (Fsp3) is 0.750. The Balaban J connectivity index is 3.93. The van der Waals surface area contributed by atoms with Crippen LogP contribution in [0.2, 0.25) is 0 Å². The fourth-order valence-corrected chi connectivity index (χ4v) is 1.30. The van der Waals surface area contributed by atoms with Crippen LogP contribution in [0.1, 0.15) is 46.0 Å². The first-order valence-corrected chi connectivity index (χ1v) is 5.65. The predicted molar refractivity (Wildman–Crippen MR) is 63.2 cm³/mol. The van der Waals surface area contributed by atoms with Gasteiger partial charge < -0.3 is 11.1 Å². The van der Waals surface area contributed by atoms with Crippen molar-refractivity contribution in [1.82, 2.24) is 5.32 Å². The van der Waals surface area contributed by atoms with Crippen molar-refractivity contribution in [2.75, 3.05) is 0 Å². The Hall–Kier alpha value is -1.01. The number of unbranched alkanes of at least 4 members (excludes halogenated alkanes) is 1. The van der Waals surface area contributed by atoms with E-state index < -0.39 is 6.04 Å². The second kappa shape index (κ2) is 8.31. The highest BCUT2D eigenvalue weighted by atomic mass is 16.2. The summed E-state index contributed by atoms with van der Waals surface area (Å²) in [6.07, 6.45) is 9.41. The lowest BCUT2D eigenvalue weighted by Crippen LogP contribution is -2.45. The molecule has 15 heavy (non-hydrogen) atoms. The molecule has 0 aromatic rings. The van der Waals surface area contributed by atoms with Crippen LogP contribution in [-0.4, -0.2) is 18.0 Å². The summed E-state index contributed by atoms with van der Waals surface area (Å²) in [6, 6.07) is -0.327. The van der Waals surface area contributed by atoms with Gasteiger partial charge in [0.15, 0.2) is 0 Å². The number of hydrogen-bond donors (Lipinski definition) is 2. The molecule has 0 saturated carbocycles. The van der Waals surface area contributed by atoms with E-state index in [4.69, 9.17) is 12.2 Å². The molecular weight excluding hydrogens is 188 g/mol. The van der Waals surface area contributed by atoms with Gasteiger partial charge in [-0.3, -0.25) is 4.79 Å². The zero-order valence-electron chi connectivity index (χ0n) is 9.75. The Bertz CT molecular complexity index is 220. The average Bonchev–Trinajstić information content (AvgIpc) is 2.24. The summed E-state index contributed by atoms with van der Waals surface area (Å²) in [7, 11) is 0. The maximum Gasteiger partial charge on any atom is 0.237 e. The number of nitrogens with one attached hydrogen (secondary N) is 1. The second-order valence-corrected chi connectivity index (χ2v) is 3.77. The third-order valence-electron chi connectivity index (χ3n) is 2.41. The quantitative estimate of drug-likeness (QED) is 0.624. The van der Waals surface area contributed by atoms with Gasteiger partial charge in [0, 0.05) is 12.5 Å². The van der Waals surface area contributed by atoms with E-state index in [9.17, 15) is 4.79 Å². The Kier molecular flexibility index (Phi) is 7.75. The molecule has 0 radical (unpaired) electrons. The molecule has 0 bridgehead atoms. The van der Waals surface area contributed by atoms with Crippen molar-refractivity contribution < 1.29 is 4.79 Å². The average molecular weight is 210 g/mol. The lowest BCUT2D eigenvalue weighted by atomic mass is 10.1. The maximum atomic E-state index is 11.6. The van der Waals surface area contributed by atoms with Crippen LogP contribution < -0.4 is 11.1 Å². The van der Waals surface area contributed by atoms with Crippen molar-refractivity contribution >= 4 is 5.91 Å². The van der Waals surface area contributed by atoms with Gasteiger partial charge in [-0.2, -0.15) is 0 Å². The van der Waals surface area contributed by atoms with Crippen LogP contribution in [-0.2, 0) is 4.79 Å². The zero-order chi connectivity index (χ0) is 11.7. The summed E-state index contributed by atoms with van der Waals surface area (Å²) in [4.78, 5) is 11.6. The molecule has 0 aliphatic rings. The van der Waals surface area contributed by atoms with E-state index >= 15 is 0 Å². The van der Waals surface area contributed by atoms with Gasteiger partial charge in [-0.1, -0.05) is 26.7 Å². The van der Waals surface area contributed by atoms with Gasteiger partial charge >= 0.3 is 0 Å². The predicted octanol–water partition coefficient (Wildman–Crippen LogP) is 1.42. The van der Waals surface area contributed by atoms with Crippen molar-refractivity contribution in [2.24, 2.45) is 5.73 Å². The number of rotatable bonds is 7. The van der Waals surface area contributed by atoms with Crippen LogP contribution in [0, 0.1) is 12.3 Å². The minimum atomic E-state index is -0.392. The molecule has 0 saturated heterocycles. The molecule has 3 heteroatoms. The van der Waals surface area contributed by atoms with Gasteiger partial charge in [0.2, 0.25) is 5.91 Å². The molecule has 0 aromatic carbocycles. The van der Waals surface area contributed by atoms with E-state index in [1.165, 1.54) is 0 Å². The van der Waals surface area contributed by atoms with Crippen LogP contribution in [0.3, 0.4) is 0 Å². The highest BCUT2D eigenvalue weighted by Crippen LogP contribution is 2.01. The van der Waals surface area contributed by atoms with Gasteiger partial charge in [0.05, 0.1) is 6.04 Å².